The van der Waals surface area contributed by atoms with Crippen LogP contribution >= 0.6 is 0 Å². The lowest BCUT2D eigenvalue weighted by Gasteiger charge is -2.37. The fourth-order valence-electron chi connectivity index (χ4n) is 5.44. The van der Waals surface area contributed by atoms with Gasteiger partial charge in [-0.25, -0.2) is 0 Å². The highest BCUT2D eigenvalue weighted by Gasteiger charge is 2.33. The van der Waals surface area contributed by atoms with E-state index >= 15 is 0 Å². The van der Waals surface area contributed by atoms with Crippen molar-refractivity contribution in [2.75, 3.05) is 0 Å². The molecule has 1 heterocycles. The van der Waals surface area contributed by atoms with Gasteiger partial charge in [0.1, 0.15) is 5.75 Å². The van der Waals surface area contributed by atoms with E-state index in [1.807, 2.05) is 12.1 Å². The number of aromatic nitrogens is 1. The topological polar surface area (TPSA) is 39.2 Å². The van der Waals surface area contributed by atoms with Crippen LogP contribution in [0.3, 0.4) is 0 Å². The standard InChI is InChI=1S/C26H41NO2/c1-3-5-7-20-9-11-21(12-10-20)22-13-15-23(16-14-22)26(28)29-25-18-17-24(27-19-25)8-6-4-2/h17-23H,3-16H2,1-2H3. The van der Waals surface area contributed by atoms with Crippen LogP contribution in [0.25, 0.3) is 0 Å². The highest BCUT2D eigenvalue weighted by Crippen LogP contribution is 2.42. The Morgan fingerprint density at radius 3 is 2.17 bits per heavy atom. The molecule has 0 atom stereocenters. The third-order valence-corrected chi connectivity index (χ3v) is 7.43. The van der Waals surface area contributed by atoms with Crippen LogP contribution in [-0.2, 0) is 11.2 Å². The van der Waals surface area contributed by atoms with Gasteiger partial charge in [0.2, 0.25) is 0 Å². The van der Waals surface area contributed by atoms with Gasteiger partial charge in [-0.05, 0) is 81.3 Å². The van der Waals surface area contributed by atoms with E-state index < -0.39 is 0 Å². The summed E-state index contributed by atoms with van der Waals surface area (Å²) >= 11 is 0. The number of unbranched alkanes of at least 4 members (excludes halogenated alkanes) is 2. The molecular weight excluding hydrogens is 358 g/mol. The fourth-order valence-corrected chi connectivity index (χ4v) is 5.44. The number of esters is 1. The summed E-state index contributed by atoms with van der Waals surface area (Å²) in [5, 5.41) is 0. The number of nitrogens with zero attached hydrogens (tertiary/aromatic N) is 1. The van der Waals surface area contributed by atoms with Gasteiger partial charge in [-0.1, -0.05) is 52.4 Å². The van der Waals surface area contributed by atoms with Crippen LogP contribution in [0.15, 0.2) is 18.3 Å². The smallest absolute Gasteiger partial charge is 0.314 e. The number of aryl methyl sites for hydroxylation is 1. The zero-order chi connectivity index (χ0) is 20.5. The van der Waals surface area contributed by atoms with Crippen molar-refractivity contribution in [3.8, 4) is 5.75 Å². The van der Waals surface area contributed by atoms with E-state index in [1.54, 1.807) is 6.20 Å². The molecule has 0 unspecified atom stereocenters. The summed E-state index contributed by atoms with van der Waals surface area (Å²) in [6.45, 7) is 4.48. The lowest BCUT2D eigenvalue weighted by molar-refractivity contribution is -0.140. The molecule has 0 aliphatic heterocycles. The van der Waals surface area contributed by atoms with Gasteiger partial charge in [0.15, 0.2) is 0 Å². The number of carbonyl (C=O) groups is 1. The Hall–Kier alpha value is -1.38. The van der Waals surface area contributed by atoms with Crippen molar-refractivity contribution < 1.29 is 9.53 Å². The Bertz CT molecular complexity index is 596. The molecule has 29 heavy (non-hydrogen) atoms. The number of carbonyl (C=O) groups excluding carboxylic acids is 1. The molecule has 3 rings (SSSR count). The van der Waals surface area contributed by atoms with Crippen LogP contribution in [0.5, 0.6) is 5.75 Å². The van der Waals surface area contributed by atoms with E-state index in [1.165, 1.54) is 64.2 Å². The van der Waals surface area contributed by atoms with Crippen molar-refractivity contribution in [3.63, 3.8) is 0 Å². The minimum Gasteiger partial charge on any atom is -0.425 e. The molecule has 1 aromatic rings. The summed E-state index contributed by atoms with van der Waals surface area (Å²) in [5.74, 6) is 3.36. The van der Waals surface area contributed by atoms with Crippen LogP contribution in [-0.4, -0.2) is 11.0 Å². The third kappa shape index (κ3) is 6.83. The first-order valence-electron chi connectivity index (χ1n) is 12.4. The molecule has 3 nitrogen and oxygen atoms in total. The average molecular weight is 400 g/mol. The Kier molecular flexibility index (Phi) is 9.01. The van der Waals surface area contributed by atoms with Crippen LogP contribution < -0.4 is 4.74 Å². The first kappa shape index (κ1) is 22.3. The first-order chi connectivity index (χ1) is 14.2. The van der Waals surface area contributed by atoms with Gasteiger partial charge in [-0.3, -0.25) is 9.78 Å². The van der Waals surface area contributed by atoms with E-state index in [2.05, 4.69) is 18.8 Å². The average Bonchev–Trinajstić information content (AvgIpc) is 2.77. The molecule has 2 aliphatic rings. The summed E-state index contributed by atoms with van der Waals surface area (Å²) < 4.78 is 5.64. The second kappa shape index (κ2) is 11.7. The molecular formula is C26H41NO2. The van der Waals surface area contributed by atoms with E-state index in [9.17, 15) is 4.79 Å². The third-order valence-electron chi connectivity index (χ3n) is 7.43. The van der Waals surface area contributed by atoms with E-state index in [-0.39, 0.29) is 11.9 Å². The molecule has 0 spiro atoms. The van der Waals surface area contributed by atoms with Crippen LogP contribution in [0, 0.1) is 23.7 Å². The normalized spacial score (nSPS) is 27.5. The van der Waals surface area contributed by atoms with Gasteiger partial charge in [-0.2, -0.15) is 0 Å². The second-order valence-electron chi connectivity index (χ2n) is 9.54. The van der Waals surface area contributed by atoms with Gasteiger partial charge >= 0.3 is 5.97 Å². The Labute approximate surface area is 178 Å². The van der Waals surface area contributed by atoms with E-state index in [0.717, 1.165) is 49.1 Å². The predicted molar refractivity (Wildman–Crippen MR) is 119 cm³/mol. The molecule has 0 aromatic carbocycles. The fraction of sp³-hybridized carbons (Fsp3) is 0.769. The monoisotopic (exact) mass is 399 g/mol. The maximum absolute atomic E-state index is 12.6. The quantitative estimate of drug-likeness (QED) is 0.414. The number of hydrogen-bond acceptors (Lipinski definition) is 3. The lowest BCUT2D eigenvalue weighted by atomic mass is 9.68. The lowest BCUT2D eigenvalue weighted by Crippen LogP contribution is -2.30. The summed E-state index contributed by atoms with van der Waals surface area (Å²) in [4.78, 5) is 17.0. The van der Waals surface area contributed by atoms with Crippen molar-refractivity contribution >= 4 is 5.97 Å². The van der Waals surface area contributed by atoms with Crippen molar-refractivity contribution in [1.82, 2.24) is 4.98 Å². The molecule has 0 radical (unpaired) electrons. The first-order valence-corrected chi connectivity index (χ1v) is 12.4. The molecule has 3 heteroatoms. The highest BCUT2D eigenvalue weighted by atomic mass is 16.5. The summed E-state index contributed by atoms with van der Waals surface area (Å²) in [6, 6.07) is 3.89. The van der Waals surface area contributed by atoms with Gasteiger partial charge in [0.05, 0.1) is 12.1 Å². The molecule has 0 amide bonds. The maximum Gasteiger partial charge on any atom is 0.314 e. The number of hydrogen-bond donors (Lipinski definition) is 0. The minimum absolute atomic E-state index is 0.0465. The summed E-state index contributed by atoms with van der Waals surface area (Å²) in [7, 11) is 0. The van der Waals surface area contributed by atoms with Gasteiger partial charge in [0.25, 0.3) is 0 Å². The van der Waals surface area contributed by atoms with E-state index in [0.29, 0.717) is 5.75 Å². The van der Waals surface area contributed by atoms with Gasteiger partial charge < -0.3 is 4.74 Å². The van der Waals surface area contributed by atoms with Gasteiger partial charge in [0, 0.05) is 5.69 Å². The molecule has 0 bridgehead atoms. The zero-order valence-electron chi connectivity index (χ0n) is 18.7. The molecule has 0 saturated heterocycles. The van der Waals surface area contributed by atoms with Crippen molar-refractivity contribution in [2.45, 2.75) is 104 Å². The van der Waals surface area contributed by atoms with Crippen molar-refractivity contribution in [1.29, 1.82) is 0 Å². The maximum atomic E-state index is 12.6. The molecule has 162 valence electrons. The Morgan fingerprint density at radius 2 is 1.59 bits per heavy atom. The number of rotatable bonds is 9. The molecule has 2 saturated carbocycles. The Balaban J connectivity index is 1.38. The molecule has 1 aromatic heterocycles. The van der Waals surface area contributed by atoms with Crippen molar-refractivity contribution in [3.05, 3.63) is 24.0 Å². The molecule has 0 N–H and O–H groups in total. The van der Waals surface area contributed by atoms with Crippen molar-refractivity contribution in [2.24, 2.45) is 23.7 Å². The minimum atomic E-state index is -0.0465. The number of ether oxygens (including phenoxy) is 1. The SMILES string of the molecule is CCCCc1ccc(OC(=O)C2CCC(C3CCC(CCCC)CC3)CC2)cn1. The van der Waals surface area contributed by atoms with Crippen LogP contribution in [0.2, 0.25) is 0 Å². The summed E-state index contributed by atoms with van der Waals surface area (Å²) in [5.41, 5.74) is 1.08. The summed E-state index contributed by atoms with van der Waals surface area (Å²) in [6.07, 6.45) is 19.3. The Morgan fingerprint density at radius 1 is 0.931 bits per heavy atom. The van der Waals surface area contributed by atoms with E-state index in [4.69, 9.17) is 4.74 Å². The molecule has 2 aliphatic carbocycles. The van der Waals surface area contributed by atoms with Gasteiger partial charge in [-0.15, -0.1) is 0 Å². The predicted octanol–water partition coefficient (Wildman–Crippen LogP) is 7.13. The van der Waals surface area contributed by atoms with Crippen LogP contribution in [0.1, 0.15) is 103 Å². The number of pyridine rings is 1. The second-order valence-corrected chi connectivity index (χ2v) is 9.54. The zero-order valence-corrected chi connectivity index (χ0v) is 18.7. The van der Waals surface area contributed by atoms with Crippen LogP contribution in [0.4, 0.5) is 0 Å². The molecule has 2 fully saturated rings. The highest BCUT2D eigenvalue weighted by molar-refractivity contribution is 5.75. The largest absolute Gasteiger partial charge is 0.425 e.